The number of hydrogen-bond acceptors (Lipinski definition) is 2. The predicted octanol–water partition coefficient (Wildman–Crippen LogP) is 1.45. The largest absolute Gasteiger partial charge is 0.325 e. The average molecular weight is 290 g/mol. The molecule has 0 radical (unpaired) electrons. The SMILES string of the molecule is CNCC(=O)Nc1ccc(I)cc1. The summed E-state index contributed by atoms with van der Waals surface area (Å²) in [5.74, 6) is -0.0243. The minimum Gasteiger partial charge on any atom is -0.325 e. The molecule has 3 nitrogen and oxygen atoms in total. The predicted molar refractivity (Wildman–Crippen MR) is 61.7 cm³/mol. The second-order valence-corrected chi connectivity index (χ2v) is 3.83. The van der Waals surface area contributed by atoms with Gasteiger partial charge < -0.3 is 10.6 Å². The molecule has 70 valence electrons. The van der Waals surface area contributed by atoms with Crippen LogP contribution < -0.4 is 10.6 Å². The molecule has 0 heterocycles. The van der Waals surface area contributed by atoms with Crippen molar-refractivity contribution in [3.05, 3.63) is 27.8 Å². The highest BCUT2D eigenvalue weighted by molar-refractivity contribution is 14.1. The molecule has 1 aromatic rings. The van der Waals surface area contributed by atoms with Crippen LogP contribution in [0.4, 0.5) is 5.69 Å². The van der Waals surface area contributed by atoms with Crippen LogP contribution in [0.3, 0.4) is 0 Å². The van der Waals surface area contributed by atoms with E-state index >= 15 is 0 Å². The van der Waals surface area contributed by atoms with Gasteiger partial charge >= 0.3 is 0 Å². The molecule has 0 saturated carbocycles. The average Bonchev–Trinajstić information content (AvgIpc) is 2.09. The number of nitrogens with one attached hydrogen (secondary N) is 2. The molecule has 1 rings (SSSR count). The molecule has 0 saturated heterocycles. The van der Waals surface area contributed by atoms with E-state index in [0.29, 0.717) is 6.54 Å². The molecule has 0 aliphatic carbocycles. The molecule has 0 spiro atoms. The van der Waals surface area contributed by atoms with Crippen LogP contribution in [0.1, 0.15) is 0 Å². The first-order chi connectivity index (χ1) is 6.22. The van der Waals surface area contributed by atoms with Crippen LogP contribution in [0.25, 0.3) is 0 Å². The van der Waals surface area contributed by atoms with Crippen molar-refractivity contribution >= 4 is 34.2 Å². The molecule has 2 N–H and O–H groups in total. The van der Waals surface area contributed by atoms with Crippen molar-refractivity contribution in [2.75, 3.05) is 18.9 Å². The first-order valence-corrected chi connectivity index (χ1v) is 5.00. The van der Waals surface area contributed by atoms with E-state index in [-0.39, 0.29) is 5.91 Å². The maximum absolute atomic E-state index is 11.1. The van der Waals surface area contributed by atoms with Crippen LogP contribution in [0.5, 0.6) is 0 Å². The third kappa shape index (κ3) is 3.73. The lowest BCUT2D eigenvalue weighted by Gasteiger charge is -2.03. The molecule has 0 fully saturated rings. The summed E-state index contributed by atoms with van der Waals surface area (Å²) in [5, 5.41) is 5.55. The highest BCUT2D eigenvalue weighted by Crippen LogP contribution is 2.10. The Kier molecular flexibility index (Phi) is 4.17. The Hall–Kier alpha value is -0.620. The fourth-order valence-electron chi connectivity index (χ4n) is 0.899. The summed E-state index contributed by atoms with van der Waals surface area (Å²) < 4.78 is 1.16. The Morgan fingerprint density at radius 3 is 2.54 bits per heavy atom. The molecule has 4 heteroatoms. The summed E-state index contributed by atoms with van der Waals surface area (Å²) in [6.07, 6.45) is 0. The summed E-state index contributed by atoms with van der Waals surface area (Å²) in [5.41, 5.74) is 0.834. The van der Waals surface area contributed by atoms with Gasteiger partial charge in [0.2, 0.25) is 5.91 Å². The molecule has 0 aliphatic heterocycles. The first-order valence-electron chi connectivity index (χ1n) is 3.92. The van der Waals surface area contributed by atoms with E-state index in [2.05, 4.69) is 33.2 Å². The number of carbonyl (C=O) groups excluding carboxylic acids is 1. The van der Waals surface area contributed by atoms with Gasteiger partial charge in [0.15, 0.2) is 0 Å². The number of rotatable bonds is 3. The van der Waals surface area contributed by atoms with Gasteiger partial charge in [-0.05, 0) is 53.9 Å². The highest BCUT2D eigenvalue weighted by Gasteiger charge is 1.98. The summed E-state index contributed by atoms with van der Waals surface area (Å²) in [4.78, 5) is 11.1. The standard InChI is InChI=1S/C9H11IN2O/c1-11-6-9(13)12-8-4-2-7(10)3-5-8/h2-5,11H,6H2,1H3,(H,12,13). The van der Waals surface area contributed by atoms with E-state index < -0.39 is 0 Å². The van der Waals surface area contributed by atoms with Gasteiger partial charge in [-0.3, -0.25) is 4.79 Å². The molecule has 0 aromatic heterocycles. The number of hydrogen-bond donors (Lipinski definition) is 2. The highest BCUT2D eigenvalue weighted by atomic mass is 127. The van der Waals surface area contributed by atoms with Crippen molar-refractivity contribution < 1.29 is 4.79 Å². The van der Waals surface area contributed by atoms with Gasteiger partial charge in [0, 0.05) is 9.26 Å². The topological polar surface area (TPSA) is 41.1 Å². The second kappa shape index (κ2) is 5.18. The van der Waals surface area contributed by atoms with E-state index in [9.17, 15) is 4.79 Å². The Morgan fingerprint density at radius 2 is 2.00 bits per heavy atom. The van der Waals surface area contributed by atoms with Gasteiger partial charge in [-0.15, -0.1) is 0 Å². The molecule has 1 aromatic carbocycles. The number of amides is 1. The third-order valence-electron chi connectivity index (χ3n) is 1.47. The Morgan fingerprint density at radius 1 is 1.38 bits per heavy atom. The van der Waals surface area contributed by atoms with Crippen LogP contribution in [-0.4, -0.2) is 19.5 Å². The van der Waals surface area contributed by atoms with E-state index in [1.54, 1.807) is 7.05 Å². The van der Waals surface area contributed by atoms with E-state index in [1.165, 1.54) is 0 Å². The molecule has 0 unspecified atom stereocenters. The van der Waals surface area contributed by atoms with Gasteiger partial charge in [0.25, 0.3) is 0 Å². The molecule has 0 atom stereocenters. The normalized spacial score (nSPS) is 9.69. The van der Waals surface area contributed by atoms with Gasteiger partial charge in [-0.2, -0.15) is 0 Å². The van der Waals surface area contributed by atoms with Crippen molar-refractivity contribution in [1.29, 1.82) is 0 Å². The third-order valence-corrected chi connectivity index (χ3v) is 2.18. The van der Waals surface area contributed by atoms with Crippen LogP contribution in [-0.2, 0) is 4.79 Å². The van der Waals surface area contributed by atoms with E-state index in [0.717, 1.165) is 9.26 Å². The number of halogens is 1. The van der Waals surface area contributed by atoms with Crippen molar-refractivity contribution in [3.63, 3.8) is 0 Å². The molecular weight excluding hydrogens is 279 g/mol. The lowest BCUT2D eigenvalue weighted by atomic mass is 10.3. The fourth-order valence-corrected chi connectivity index (χ4v) is 1.26. The molecule has 0 bridgehead atoms. The number of benzene rings is 1. The van der Waals surface area contributed by atoms with E-state index in [1.807, 2.05) is 24.3 Å². The van der Waals surface area contributed by atoms with Crippen LogP contribution in [0.2, 0.25) is 0 Å². The Labute approximate surface area is 91.0 Å². The number of carbonyl (C=O) groups is 1. The minimum absolute atomic E-state index is 0.0243. The van der Waals surface area contributed by atoms with E-state index in [4.69, 9.17) is 0 Å². The van der Waals surface area contributed by atoms with Crippen LogP contribution in [0, 0.1) is 3.57 Å². The summed E-state index contributed by atoms with van der Waals surface area (Å²) in [6.45, 7) is 0.339. The molecule has 1 amide bonds. The van der Waals surface area contributed by atoms with Crippen molar-refractivity contribution in [1.82, 2.24) is 5.32 Å². The van der Waals surface area contributed by atoms with Crippen molar-refractivity contribution in [2.24, 2.45) is 0 Å². The minimum atomic E-state index is -0.0243. The summed E-state index contributed by atoms with van der Waals surface area (Å²) >= 11 is 2.22. The van der Waals surface area contributed by atoms with Crippen molar-refractivity contribution in [3.8, 4) is 0 Å². The zero-order valence-electron chi connectivity index (χ0n) is 7.30. The maximum Gasteiger partial charge on any atom is 0.238 e. The molecule has 0 aliphatic rings. The van der Waals surface area contributed by atoms with Gasteiger partial charge in [-0.25, -0.2) is 0 Å². The zero-order valence-corrected chi connectivity index (χ0v) is 9.46. The molecule has 13 heavy (non-hydrogen) atoms. The Bertz CT molecular complexity index is 284. The lowest BCUT2D eigenvalue weighted by molar-refractivity contribution is -0.115. The first kappa shape index (κ1) is 10.5. The number of likely N-dealkylation sites (N-methyl/N-ethyl adjacent to an activating group) is 1. The lowest BCUT2D eigenvalue weighted by Crippen LogP contribution is -2.24. The van der Waals surface area contributed by atoms with Gasteiger partial charge in [0.1, 0.15) is 0 Å². The fraction of sp³-hybridized carbons (Fsp3) is 0.222. The van der Waals surface area contributed by atoms with Crippen LogP contribution >= 0.6 is 22.6 Å². The number of anilines is 1. The van der Waals surface area contributed by atoms with Crippen molar-refractivity contribution in [2.45, 2.75) is 0 Å². The summed E-state index contributed by atoms with van der Waals surface area (Å²) in [6, 6.07) is 7.68. The summed E-state index contributed by atoms with van der Waals surface area (Å²) in [7, 11) is 1.74. The maximum atomic E-state index is 11.1. The van der Waals surface area contributed by atoms with Gasteiger partial charge in [-0.1, -0.05) is 0 Å². The van der Waals surface area contributed by atoms with Crippen LogP contribution in [0.15, 0.2) is 24.3 Å². The van der Waals surface area contributed by atoms with Gasteiger partial charge in [0.05, 0.1) is 6.54 Å². The monoisotopic (exact) mass is 290 g/mol. The second-order valence-electron chi connectivity index (χ2n) is 2.59. The quantitative estimate of drug-likeness (QED) is 0.827. The Balaban J connectivity index is 2.54. The smallest absolute Gasteiger partial charge is 0.238 e. The molecular formula is C9H11IN2O. The zero-order chi connectivity index (χ0) is 9.68.